The topological polar surface area (TPSA) is 67.1 Å². The molecule has 0 saturated carbocycles. The molecule has 0 bridgehead atoms. The minimum atomic E-state index is -0.386. The summed E-state index contributed by atoms with van der Waals surface area (Å²) in [6, 6.07) is 9.11. The van der Waals surface area contributed by atoms with Crippen molar-refractivity contribution in [3.8, 4) is 23.0 Å². The van der Waals surface area contributed by atoms with Crippen LogP contribution in [0.15, 0.2) is 41.0 Å². The Kier molecular flexibility index (Phi) is 5.35. The Hall–Kier alpha value is -3.41. The number of methoxy groups -OCH3 is 3. The quantitative estimate of drug-likeness (QED) is 0.361. The molecule has 0 saturated heterocycles. The zero-order valence-corrected chi connectivity index (χ0v) is 15.6. The van der Waals surface area contributed by atoms with Gasteiger partial charge in [-0.1, -0.05) is 12.2 Å². The van der Waals surface area contributed by atoms with Crippen LogP contribution in [0.4, 0.5) is 0 Å². The van der Waals surface area contributed by atoms with Crippen LogP contribution in [0.2, 0.25) is 0 Å². The molecule has 0 aliphatic heterocycles. The van der Waals surface area contributed by atoms with E-state index >= 15 is 0 Å². The second kappa shape index (κ2) is 7.86. The molecular formula is C21H20O6. The molecule has 0 fully saturated rings. The van der Waals surface area contributed by atoms with E-state index in [0.717, 1.165) is 16.5 Å². The standard InChI is InChI=1S/C21H20O6/c1-13(22)27-18-10-14(9-17-16(18)7-8-26-17)5-6-15-11-19(23-2)21(25-4)20(12-15)24-3/h5-12H,1-4H3/b6-5-. The van der Waals surface area contributed by atoms with E-state index in [1.807, 2.05) is 30.4 Å². The van der Waals surface area contributed by atoms with E-state index in [1.165, 1.54) is 6.92 Å². The van der Waals surface area contributed by atoms with Crippen molar-refractivity contribution in [2.75, 3.05) is 21.3 Å². The van der Waals surface area contributed by atoms with E-state index in [-0.39, 0.29) is 5.97 Å². The lowest BCUT2D eigenvalue weighted by molar-refractivity contribution is -0.131. The highest BCUT2D eigenvalue weighted by Crippen LogP contribution is 2.38. The van der Waals surface area contributed by atoms with Crippen LogP contribution in [-0.2, 0) is 4.79 Å². The maximum absolute atomic E-state index is 11.4. The second-order valence-corrected chi connectivity index (χ2v) is 5.74. The van der Waals surface area contributed by atoms with Crippen LogP contribution in [0.3, 0.4) is 0 Å². The lowest BCUT2D eigenvalue weighted by Crippen LogP contribution is -2.01. The fourth-order valence-electron chi connectivity index (χ4n) is 2.78. The Morgan fingerprint density at radius 3 is 2.04 bits per heavy atom. The van der Waals surface area contributed by atoms with Crippen molar-refractivity contribution in [1.82, 2.24) is 0 Å². The van der Waals surface area contributed by atoms with Gasteiger partial charge < -0.3 is 23.4 Å². The number of fused-ring (bicyclic) bond motifs is 1. The maximum atomic E-state index is 11.4. The molecule has 0 spiro atoms. The summed E-state index contributed by atoms with van der Waals surface area (Å²) in [4.78, 5) is 11.4. The molecule has 3 aromatic rings. The van der Waals surface area contributed by atoms with E-state index in [9.17, 15) is 4.79 Å². The molecular weight excluding hydrogens is 348 g/mol. The van der Waals surface area contributed by atoms with Crippen molar-refractivity contribution >= 4 is 29.1 Å². The molecule has 0 aliphatic rings. The van der Waals surface area contributed by atoms with Gasteiger partial charge in [-0.3, -0.25) is 4.79 Å². The SMILES string of the molecule is COc1cc(/C=C\c2cc(OC(C)=O)c3ccoc3c2)cc(OC)c1OC. The van der Waals surface area contributed by atoms with Gasteiger partial charge in [0, 0.05) is 6.92 Å². The van der Waals surface area contributed by atoms with E-state index < -0.39 is 0 Å². The van der Waals surface area contributed by atoms with Crippen LogP contribution in [0.5, 0.6) is 23.0 Å². The Balaban J connectivity index is 1.99. The van der Waals surface area contributed by atoms with Gasteiger partial charge in [0.1, 0.15) is 11.3 Å². The monoisotopic (exact) mass is 368 g/mol. The largest absolute Gasteiger partial charge is 0.493 e. The number of carbonyl (C=O) groups is 1. The Morgan fingerprint density at radius 1 is 0.889 bits per heavy atom. The summed E-state index contributed by atoms with van der Waals surface area (Å²) in [7, 11) is 4.70. The zero-order chi connectivity index (χ0) is 19.4. The minimum Gasteiger partial charge on any atom is -0.493 e. The number of furan rings is 1. The highest BCUT2D eigenvalue weighted by atomic mass is 16.5. The summed E-state index contributed by atoms with van der Waals surface area (Å²) < 4.78 is 26.8. The summed E-state index contributed by atoms with van der Waals surface area (Å²) >= 11 is 0. The first kappa shape index (κ1) is 18.4. The van der Waals surface area contributed by atoms with Gasteiger partial charge in [-0.2, -0.15) is 0 Å². The van der Waals surface area contributed by atoms with Crippen LogP contribution in [0.25, 0.3) is 23.1 Å². The Morgan fingerprint density at radius 2 is 1.48 bits per heavy atom. The summed E-state index contributed by atoms with van der Waals surface area (Å²) in [6.07, 6.45) is 5.34. The molecule has 0 unspecified atom stereocenters. The van der Waals surface area contributed by atoms with Crippen molar-refractivity contribution in [2.45, 2.75) is 6.92 Å². The Bertz CT molecular complexity index is 974. The zero-order valence-electron chi connectivity index (χ0n) is 15.6. The van der Waals surface area contributed by atoms with Crippen molar-refractivity contribution in [3.05, 3.63) is 47.7 Å². The van der Waals surface area contributed by atoms with Crippen LogP contribution in [0.1, 0.15) is 18.1 Å². The van der Waals surface area contributed by atoms with Crippen molar-refractivity contribution in [1.29, 1.82) is 0 Å². The number of rotatable bonds is 6. The van der Waals surface area contributed by atoms with Gasteiger partial charge in [0.15, 0.2) is 11.5 Å². The lowest BCUT2D eigenvalue weighted by atomic mass is 10.1. The number of carbonyl (C=O) groups excluding carboxylic acids is 1. The third kappa shape index (κ3) is 3.89. The molecule has 3 rings (SSSR count). The summed E-state index contributed by atoms with van der Waals surface area (Å²) in [5, 5.41) is 0.745. The highest BCUT2D eigenvalue weighted by molar-refractivity contribution is 5.89. The molecule has 1 aromatic heterocycles. The average molecular weight is 368 g/mol. The van der Waals surface area contributed by atoms with E-state index in [1.54, 1.807) is 39.7 Å². The van der Waals surface area contributed by atoms with Crippen LogP contribution >= 0.6 is 0 Å². The number of esters is 1. The molecule has 2 aromatic carbocycles. The van der Waals surface area contributed by atoms with Gasteiger partial charge in [-0.15, -0.1) is 0 Å². The minimum absolute atomic E-state index is 0.386. The van der Waals surface area contributed by atoms with E-state index in [0.29, 0.717) is 28.6 Å². The van der Waals surface area contributed by atoms with E-state index in [4.69, 9.17) is 23.4 Å². The number of ether oxygens (including phenoxy) is 4. The molecule has 0 N–H and O–H groups in total. The molecule has 0 atom stereocenters. The van der Waals surface area contributed by atoms with Gasteiger partial charge >= 0.3 is 5.97 Å². The van der Waals surface area contributed by atoms with Gasteiger partial charge in [0.2, 0.25) is 5.75 Å². The maximum Gasteiger partial charge on any atom is 0.308 e. The van der Waals surface area contributed by atoms with Crippen LogP contribution in [0, 0.1) is 0 Å². The smallest absolute Gasteiger partial charge is 0.308 e. The predicted molar refractivity (Wildman–Crippen MR) is 103 cm³/mol. The first-order valence-electron chi connectivity index (χ1n) is 8.23. The lowest BCUT2D eigenvalue weighted by Gasteiger charge is -2.12. The Labute approximate surface area is 156 Å². The average Bonchev–Trinajstić information content (AvgIpc) is 3.13. The van der Waals surface area contributed by atoms with Crippen molar-refractivity contribution in [2.24, 2.45) is 0 Å². The molecule has 140 valence electrons. The summed E-state index contributed by atoms with van der Waals surface area (Å²) in [5.41, 5.74) is 2.32. The molecule has 0 aliphatic carbocycles. The fourth-order valence-corrected chi connectivity index (χ4v) is 2.78. The van der Waals surface area contributed by atoms with Crippen LogP contribution in [-0.4, -0.2) is 27.3 Å². The fraction of sp³-hybridized carbons (Fsp3) is 0.190. The first-order chi connectivity index (χ1) is 13.0. The third-order valence-corrected chi connectivity index (χ3v) is 3.97. The normalized spacial score (nSPS) is 11.0. The van der Waals surface area contributed by atoms with Gasteiger partial charge in [0.25, 0.3) is 0 Å². The van der Waals surface area contributed by atoms with E-state index in [2.05, 4.69) is 0 Å². The van der Waals surface area contributed by atoms with Gasteiger partial charge in [-0.25, -0.2) is 0 Å². The predicted octanol–water partition coefficient (Wildman–Crippen LogP) is 4.55. The third-order valence-electron chi connectivity index (χ3n) is 3.97. The molecule has 1 heterocycles. The molecule has 0 amide bonds. The van der Waals surface area contributed by atoms with Crippen molar-refractivity contribution < 1.29 is 28.2 Å². The molecule has 27 heavy (non-hydrogen) atoms. The van der Waals surface area contributed by atoms with Gasteiger partial charge in [-0.05, 0) is 41.5 Å². The number of benzene rings is 2. The van der Waals surface area contributed by atoms with Crippen LogP contribution < -0.4 is 18.9 Å². The second-order valence-electron chi connectivity index (χ2n) is 5.74. The summed E-state index contributed by atoms with van der Waals surface area (Å²) in [6.45, 7) is 1.37. The molecule has 0 radical (unpaired) electrons. The highest BCUT2D eigenvalue weighted by Gasteiger charge is 2.12. The molecule has 6 nitrogen and oxygen atoms in total. The number of hydrogen-bond acceptors (Lipinski definition) is 6. The molecule has 6 heteroatoms. The summed E-state index contributed by atoms with van der Waals surface area (Å²) in [5.74, 6) is 1.74. The van der Waals surface area contributed by atoms with Crippen molar-refractivity contribution in [3.63, 3.8) is 0 Å². The number of hydrogen-bond donors (Lipinski definition) is 0. The first-order valence-corrected chi connectivity index (χ1v) is 8.23. The van der Waals surface area contributed by atoms with Gasteiger partial charge in [0.05, 0.1) is 33.0 Å².